The minimum Gasteiger partial charge on any atom is -0.463 e. The van der Waals surface area contributed by atoms with E-state index < -0.39 is 220 Å². The van der Waals surface area contributed by atoms with E-state index in [1.807, 2.05) is 0 Å². The van der Waals surface area contributed by atoms with E-state index in [9.17, 15) is 95.8 Å². The standard InChI is InChI=1S/C90H150N9O40P/c1-57(51-127-61(5)103)131-88(80(97-60(4)102)89(136-68(12)110)137-69(13)111)126-46-29-21-17-25-42-94-76(115)38-50-123-56-90(98-85(117)70-33-32-43-99(70)77(116)35-31-34-73(112)91-39-26-18-22-30-47-130-140(118,119)120-14,54-121-48-36-74(113)92-40-23-15-19-27-44-124-86-78(95-58(2)100)83(134-66(10)108)81(132-64(8)106)71(138-86)52-128-62(6)104)55-122-49-37-75(114)93-41-24-16-20-28-45-125-87-79(96-59(3)101)84(135-67(11)109)82(133-65(9)107)72(139-87)53-129-63(7)105/h57,70-72,78-84,86-89H,15-56H2,1-14H3,(H,91,112)(H,92,113)(H,93,114)(H,94,115)(H,95,100)(H,96,101)(H,97,102)(H,98,117)(H,118,119). The summed E-state index contributed by atoms with van der Waals surface area (Å²) >= 11 is 0. The lowest BCUT2D eigenvalue weighted by Crippen LogP contribution is -2.66. The average molecular weight is 2030 g/mol. The number of ether oxygens (including phenoxy) is 18. The van der Waals surface area contributed by atoms with Gasteiger partial charge < -0.3 is 138 Å². The fraction of sp³-hybridized carbons (Fsp3) is 0.800. The number of phosphoric ester groups is 1. The van der Waals surface area contributed by atoms with E-state index in [1.165, 1.54) is 32.6 Å². The van der Waals surface area contributed by atoms with Gasteiger partial charge in [-0.05, 0) is 77.6 Å². The van der Waals surface area contributed by atoms with E-state index in [-0.39, 0.29) is 150 Å². The molecule has 800 valence electrons. The number of carbonyl (C=O) groups excluding carboxylic acids is 18. The molecule has 0 aliphatic carbocycles. The molecule has 9 N–H and O–H groups in total. The summed E-state index contributed by atoms with van der Waals surface area (Å²) in [6.45, 7) is 13.9. The third kappa shape index (κ3) is 55.0. The zero-order valence-electron chi connectivity index (χ0n) is 83.1. The van der Waals surface area contributed by atoms with Crippen LogP contribution < -0.4 is 42.5 Å². The first-order valence-corrected chi connectivity index (χ1v) is 48.9. The quantitative estimate of drug-likeness (QED) is 0.0139. The van der Waals surface area contributed by atoms with Gasteiger partial charge >= 0.3 is 61.5 Å². The van der Waals surface area contributed by atoms with Crippen molar-refractivity contribution in [3.8, 4) is 0 Å². The maximum Gasteiger partial charge on any atom is 0.471 e. The maximum absolute atomic E-state index is 15.0. The predicted molar refractivity (Wildman–Crippen MR) is 486 cm³/mol. The molecule has 3 rings (SSSR count). The SMILES string of the molecule is COP(=O)(O)OCCCCCCNC(=O)CCCC(=O)N1CCCC1C(=O)NC(COCCC(=O)NCCCCCCOC(OC(C)COC(C)=O)C(NC(C)=O)C(OC(C)=O)OC(C)=O)(COCCC(=O)NCCCCCCOC1OC(COC(C)=O)C(OC(C)=O)C(OC(C)=O)C1NC(C)=O)COCCC(=O)NCCCCCCOC1OC(COC(C)=O)C(OC(C)=O)C(OC(C)=O)C1NC(C)=O. The fourth-order valence-corrected chi connectivity index (χ4v) is 15.2. The molecule has 3 aliphatic heterocycles. The van der Waals surface area contributed by atoms with Crippen LogP contribution >= 0.6 is 7.82 Å². The summed E-state index contributed by atoms with van der Waals surface area (Å²) in [6, 6.07) is -4.73. The van der Waals surface area contributed by atoms with Crippen LogP contribution in [0, 0.1) is 0 Å². The van der Waals surface area contributed by atoms with Gasteiger partial charge in [-0.2, -0.15) is 0 Å². The predicted octanol–water partition coefficient (Wildman–Crippen LogP) is 2.31. The third-order valence-corrected chi connectivity index (χ3v) is 22.0. The number of esters is 9. The lowest BCUT2D eigenvalue weighted by atomic mass is 9.96. The Morgan fingerprint density at radius 1 is 0.429 bits per heavy atom. The first-order chi connectivity index (χ1) is 66.4. The maximum atomic E-state index is 15.0. The van der Waals surface area contributed by atoms with Crippen LogP contribution in [0.2, 0.25) is 0 Å². The van der Waals surface area contributed by atoms with Crippen LogP contribution in [-0.2, 0) is 185 Å². The lowest BCUT2D eigenvalue weighted by Gasteiger charge is -2.44. The van der Waals surface area contributed by atoms with Gasteiger partial charge in [-0.25, -0.2) is 4.57 Å². The summed E-state index contributed by atoms with van der Waals surface area (Å²) in [5.41, 5.74) is -1.65. The molecule has 0 radical (unpaired) electrons. The first kappa shape index (κ1) is 124. The number of amides is 9. The molecule has 49 nitrogen and oxygen atoms in total. The Balaban J connectivity index is 1.84. The Labute approximate surface area is 816 Å². The Kier molecular flexibility index (Phi) is 62.2. The van der Waals surface area contributed by atoms with Gasteiger partial charge in [-0.1, -0.05) is 51.4 Å². The highest BCUT2D eigenvalue weighted by Gasteiger charge is 2.54. The Morgan fingerprint density at radius 2 is 0.814 bits per heavy atom. The number of phosphoric acid groups is 1. The number of carbonyl (C=O) groups is 18. The van der Waals surface area contributed by atoms with Crippen LogP contribution in [0.25, 0.3) is 0 Å². The summed E-state index contributed by atoms with van der Waals surface area (Å²) in [5, 5.41) is 22.3. The minimum absolute atomic E-state index is 0.00540. The molecule has 3 saturated heterocycles. The highest BCUT2D eigenvalue weighted by molar-refractivity contribution is 7.47. The van der Waals surface area contributed by atoms with Gasteiger partial charge in [0.1, 0.15) is 55.7 Å². The first-order valence-electron chi connectivity index (χ1n) is 47.4. The molecule has 3 aliphatic rings. The van der Waals surface area contributed by atoms with Gasteiger partial charge in [0.15, 0.2) is 49.3 Å². The summed E-state index contributed by atoms with van der Waals surface area (Å²) in [6.07, 6.45) is -5.08. The van der Waals surface area contributed by atoms with Crippen LogP contribution in [0.3, 0.4) is 0 Å². The Morgan fingerprint density at radius 3 is 1.19 bits per heavy atom. The molecule has 3 heterocycles. The smallest absolute Gasteiger partial charge is 0.463 e. The Hall–Kier alpha value is -9.79. The molecule has 0 aromatic heterocycles. The van der Waals surface area contributed by atoms with Crippen molar-refractivity contribution < 1.29 is 190 Å². The zero-order valence-corrected chi connectivity index (χ0v) is 84.0. The molecular weight excluding hydrogens is 1880 g/mol. The summed E-state index contributed by atoms with van der Waals surface area (Å²) in [7, 11) is -3.02. The van der Waals surface area contributed by atoms with Crippen LogP contribution in [0.4, 0.5) is 0 Å². The molecule has 0 bridgehead atoms. The lowest BCUT2D eigenvalue weighted by molar-refractivity contribution is -0.277. The van der Waals surface area contributed by atoms with Crippen molar-refractivity contribution >= 4 is 115 Å². The molecule has 0 aromatic rings. The number of nitrogens with one attached hydrogen (secondary N) is 8. The second-order valence-corrected chi connectivity index (χ2v) is 35.4. The molecule has 0 saturated carbocycles. The molecule has 50 heteroatoms. The van der Waals surface area contributed by atoms with Gasteiger partial charge in [-0.15, -0.1) is 0 Å². The minimum atomic E-state index is -4.09. The van der Waals surface area contributed by atoms with Crippen molar-refractivity contribution in [1.29, 1.82) is 0 Å². The van der Waals surface area contributed by atoms with Gasteiger partial charge in [0, 0.05) is 175 Å². The van der Waals surface area contributed by atoms with Gasteiger partial charge in [0.05, 0.1) is 52.4 Å². The van der Waals surface area contributed by atoms with Crippen LogP contribution in [0.5, 0.6) is 0 Å². The van der Waals surface area contributed by atoms with E-state index >= 15 is 0 Å². The second-order valence-electron chi connectivity index (χ2n) is 33.8. The summed E-state index contributed by atoms with van der Waals surface area (Å²) in [5.74, 6) is -11.0. The van der Waals surface area contributed by atoms with E-state index in [4.69, 9.17) is 89.8 Å². The number of unbranched alkanes of at least 4 members (excludes halogenated alkanes) is 12. The number of rotatable bonds is 73. The molecule has 3 fully saturated rings. The van der Waals surface area contributed by atoms with Crippen molar-refractivity contribution in [2.75, 3.05) is 126 Å². The van der Waals surface area contributed by atoms with Gasteiger partial charge in [-0.3, -0.25) is 95.3 Å². The van der Waals surface area contributed by atoms with Crippen molar-refractivity contribution in [2.24, 2.45) is 0 Å². The topological polar surface area (TPSA) is 629 Å². The second kappa shape index (κ2) is 70.0. The molecule has 0 spiro atoms. The Bertz CT molecular complexity index is 3780. The van der Waals surface area contributed by atoms with Crippen LogP contribution in [0.15, 0.2) is 0 Å². The molecule has 9 amide bonds. The molecule has 140 heavy (non-hydrogen) atoms. The van der Waals surface area contributed by atoms with E-state index in [0.717, 1.165) is 62.5 Å². The van der Waals surface area contributed by atoms with Crippen molar-refractivity contribution in [3.63, 3.8) is 0 Å². The number of nitrogens with zero attached hydrogens (tertiary/aromatic N) is 1. The van der Waals surface area contributed by atoms with Crippen LogP contribution in [-0.4, -0.2) is 340 Å². The summed E-state index contributed by atoms with van der Waals surface area (Å²) < 4.78 is 124. The third-order valence-electron chi connectivity index (χ3n) is 21.1. The largest absolute Gasteiger partial charge is 0.471 e. The monoisotopic (exact) mass is 2030 g/mol. The highest BCUT2D eigenvalue weighted by atomic mass is 31.2. The summed E-state index contributed by atoms with van der Waals surface area (Å²) in [4.78, 5) is 239. The van der Waals surface area contributed by atoms with Gasteiger partial charge in [0.25, 0.3) is 6.29 Å². The molecule has 15 unspecified atom stereocenters. The number of hydrogen-bond acceptors (Lipinski definition) is 39. The number of likely N-dealkylation sites (tertiary alicyclic amines) is 1. The molecular formula is C90H150N9O40P. The highest BCUT2D eigenvalue weighted by Crippen LogP contribution is 2.42. The normalized spacial score (nSPS) is 20.3. The average Bonchev–Trinajstić information content (AvgIpc) is 0.959. The van der Waals surface area contributed by atoms with E-state index in [0.29, 0.717) is 116 Å². The molecule has 0 aromatic carbocycles. The van der Waals surface area contributed by atoms with E-state index in [1.54, 1.807) is 6.92 Å². The molecule has 15 atom stereocenters. The number of hydrogen-bond donors (Lipinski definition) is 9. The fourth-order valence-electron chi connectivity index (χ4n) is 14.8. The van der Waals surface area contributed by atoms with E-state index in [2.05, 4.69) is 47.1 Å². The van der Waals surface area contributed by atoms with Crippen molar-refractivity contribution in [3.05, 3.63) is 0 Å². The van der Waals surface area contributed by atoms with Crippen LogP contribution in [0.1, 0.15) is 244 Å². The van der Waals surface area contributed by atoms with Crippen molar-refractivity contribution in [2.45, 2.75) is 342 Å². The van der Waals surface area contributed by atoms with Crippen molar-refractivity contribution in [1.82, 2.24) is 47.4 Å². The van der Waals surface area contributed by atoms with Gasteiger partial charge in [0.2, 0.25) is 53.2 Å². The zero-order chi connectivity index (χ0) is 104.